The maximum Gasteiger partial charge on any atom is 0.433 e. The summed E-state index contributed by atoms with van der Waals surface area (Å²) < 4.78 is 5.67. The van der Waals surface area contributed by atoms with Gasteiger partial charge in [0.05, 0.1) is 12.3 Å². The van der Waals surface area contributed by atoms with Gasteiger partial charge in [-0.25, -0.2) is 5.43 Å². The van der Waals surface area contributed by atoms with E-state index in [0.717, 1.165) is 16.1 Å². The zero-order valence-corrected chi connectivity index (χ0v) is 11.5. The average Bonchev–Trinajstić information content (AvgIpc) is 2.91. The van der Waals surface area contributed by atoms with Crippen molar-refractivity contribution in [1.29, 1.82) is 0 Å². The predicted molar refractivity (Wildman–Crippen MR) is 74.6 cm³/mol. The summed E-state index contributed by atoms with van der Waals surface area (Å²) in [6.07, 6.45) is 1.45. The molecule has 7 nitrogen and oxygen atoms in total. The first-order valence-electron chi connectivity index (χ1n) is 5.39. The van der Waals surface area contributed by atoms with Gasteiger partial charge in [0.1, 0.15) is 4.92 Å². The molecule has 1 aromatic heterocycles. The van der Waals surface area contributed by atoms with Gasteiger partial charge in [0.2, 0.25) is 5.76 Å². The van der Waals surface area contributed by atoms with Crippen LogP contribution in [0, 0.1) is 10.1 Å². The van der Waals surface area contributed by atoms with Gasteiger partial charge in [-0.1, -0.05) is 28.1 Å². The number of rotatable bonds is 4. The van der Waals surface area contributed by atoms with Crippen LogP contribution in [0.3, 0.4) is 0 Å². The SMILES string of the molecule is O=C(N/N=C/c1ccc(Br)cc1)c1ccc([N+](=O)[O-])o1. The lowest BCUT2D eigenvalue weighted by molar-refractivity contribution is -0.402. The zero-order valence-electron chi connectivity index (χ0n) is 9.95. The number of amides is 1. The van der Waals surface area contributed by atoms with Crippen molar-refractivity contribution >= 4 is 33.9 Å². The summed E-state index contributed by atoms with van der Waals surface area (Å²) in [6.45, 7) is 0. The molecule has 8 heteroatoms. The normalized spacial score (nSPS) is 10.7. The molecule has 0 spiro atoms. The van der Waals surface area contributed by atoms with Crippen LogP contribution in [0.5, 0.6) is 0 Å². The zero-order chi connectivity index (χ0) is 14.5. The van der Waals surface area contributed by atoms with E-state index in [1.165, 1.54) is 12.3 Å². The Hall–Kier alpha value is -2.48. The van der Waals surface area contributed by atoms with E-state index in [9.17, 15) is 14.9 Å². The van der Waals surface area contributed by atoms with Crippen LogP contribution in [0.4, 0.5) is 5.88 Å². The molecule has 1 aromatic carbocycles. The first-order chi connectivity index (χ1) is 9.56. The molecule has 20 heavy (non-hydrogen) atoms. The minimum atomic E-state index is -0.720. The molecule has 1 amide bonds. The Labute approximate surface area is 121 Å². The van der Waals surface area contributed by atoms with Crippen LogP contribution in [0.1, 0.15) is 16.1 Å². The van der Waals surface area contributed by atoms with E-state index in [2.05, 4.69) is 26.5 Å². The molecule has 0 bridgehead atoms. The number of nitrogens with zero attached hydrogens (tertiary/aromatic N) is 2. The molecule has 1 N–H and O–H groups in total. The van der Waals surface area contributed by atoms with E-state index < -0.39 is 16.7 Å². The van der Waals surface area contributed by atoms with Gasteiger partial charge in [-0.3, -0.25) is 14.9 Å². The maximum absolute atomic E-state index is 11.6. The largest absolute Gasteiger partial charge is 0.433 e. The van der Waals surface area contributed by atoms with Gasteiger partial charge >= 0.3 is 11.8 Å². The standard InChI is InChI=1S/C12H8BrN3O4/c13-9-3-1-8(2-4-9)7-14-15-12(17)10-5-6-11(20-10)16(18)19/h1-7H,(H,15,17)/b14-7+. The number of hydrogen-bond donors (Lipinski definition) is 1. The molecule has 0 atom stereocenters. The molecule has 1 heterocycles. The smallest absolute Gasteiger partial charge is 0.395 e. The lowest BCUT2D eigenvalue weighted by atomic mass is 10.2. The van der Waals surface area contributed by atoms with Gasteiger partial charge < -0.3 is 4.42 Å². The Balaban J connectivity index is 1.97. The quantitative estimate of drug-likeness (QED) is 0.526. The summed E-state index contributed by atoms with van der Waals surface area (Å²) in [5, 5.41) is 14.1. The van der Waals surface area contributed by atoms with Crippen LogP contribution >= 0.6 is 15.9 Å². The fraction of sp³-hybridized carbons (Fsp3) is 0. The number of benzene rings is 1. The summed E-state index contributed by atoms with van der Waals surface area (Å²) in [5.74, 6) is -1.33. The Morgan fingerprint density at radius 2 is 2.00 bits per heavy atom. The molecule has 0 aliphatic carbocycles. The molecule has 0 radical (unpaired) electrons. The summed E-state index contributed by atoms with van der Waals surface area (Å²) in [5.41, 5.74) is 3.01. The summed E-state index contributed by atoms with van der Waals surface area (Å²) in [6, 6.07) is 9.59. The second kappa shape index (κ2) is 6.11. The van der Waals surface area contributed by atoms with E-state index in [4.69, 9.17) is 4.42 Å². The second-order valence-corrected chi connectivity index (χ2v) is 4.56. The van der Waals surface area contributed by atoms with Gasteiger partial charge in [-0.2, -0.15) is 5.10 Å². The van der Waals surface area contributed by atoms with Crippen LogP contribution in [-0.2, 0) is 0 Å². The van der Waals surface area contributed by atoms with Crippen molar-refractivity contribution in [2.24, 2.45) is 5.10 Å². The van der Waals surface area contributed by atoms with Gasteiger partial charge in [0, 0.05) is 4.47 Å². The summed E-state index contributed by atoms with van der Waals surface area (Å²) in [4.78, 5) is 21.3. The number of carbonyl (C=O) groups excluding carboxylic acids is 1. The molecule has 0 saturated carbocycles. The second-order valence-electron chi connectivity index (χ2n) is 3.65. The molecule has 0 saturated heterocycles. The highest BCUT2D eigenvalue weighted by molar-refractivity contribution is 9.10. The third-order valence-corrected chi connectivity index (χ3v) is 2.77. The Kier molecular flexibility index (Phi) is 4.26. The molecular formula is C12H8BrN3O4. The first kappa shape index (κ1) is 13.9. The van der Waals surface area contributed by atoms with Crippen molar-refractivity contribution < 1.29 is 14.1 Å². The highest BCUT2D eigenvalue weighted by atomic mass is 79.9. The molecule has 0 unspecified atom stereocenters. The Morgan fingerprint density at radius 3 is 2.60 bits per heavy atom. The monoisotopic (exact) mass is 337 g/mol. The predicted octanol–water partition coefficient (Wildman–Crippen LogP) is 2.71. The molecule has 2 rings (SSSR count). The molecule has 0 aliphatic heterocycles. The number of nitrogens with one attached hydrogen (secondary N) is 1. The molecule has 102 valence electrons. The number of nitro groups is 1. The van der Waals surface area contributed by atoms with Gasteiger partial charge in [0.25, 0.3) is 0 Å². The molecule has 0 fully saturated rings. The minimum absolute atomic E-state index is 0.176. The highest BCUT2D eigenvalue weighted by Crippen LogP contribution is 2.15. The van der Waals surface area contributed by atoms with Crippen LogP contribution in [-0.4, -0.2) is 17.0 Å². The van der Waals surface area contributed by atoms with Gasteiger partial charge in [-0.15, -0.1) is 0 Å². The van der Waals surface area contributed by atoms with Crippen molar-refractivity contribution in [3.8, 4) is 0 Å². The maximum atomic E-state index is 11.6. The fourth-order valence-corrected chi connectivity index (χ4v) is 1.58. The van der Waals surface area contributed by atoms with Crippen LogP contribution in [0.25, 0.3) is 0 Å². The Morgan fingerprint density at radius 1 is 1.30 bits per heavy atom. The lowest BCUT2D eigenvalue weighted by Crippen LogP contribution is -2.16. The minimum Gasteiger partial charge on any atom is -0.395 e. The highest BCUT2D eigenvalue weighted by Gasteiger charge is 2.16. The number of hydrogen-bond acceptors (Lipinski definition) is 5. The number of hydrazone groups is 1. The van der Waals surface area contributed by atoms with E-state index in [0.29, 0.717) is 0 Å². The first-order valence-corrected chi connectivity index (χ1v) is 6.19. The molecular weight excluding hydrogens is 330 g/mol. The van der Waals surface area contributed by atoms with E-state index >= 15 is 0 Å². The topological polar surface area (TPSA) is 97.7 Å². The molecule has 0 aliphatic rings. The lowest BCUT2D eigenvalue weighted by Gasteiger charge is -1.95. The Bertz CT molecular complexity index is 664. The van der Waals surface area contributed by atoms with Gasteiger partial charge in [-0.05, 0) is 23.8 Å². The average molecular weight is 338 g/mol. The van der Waals surface area contributed by atoms with E-state index in [1.54, 1.807) is 12.1 Å². The van der Waals surface area contributed by atoms with Crippen molar-refractivity contribution in [2.75, 3.05) is 0 Å². The van der Waals surface area contributed by atoms with Crippen molar-refractivity contribution in [1.82, 2.24) is 5.43 Å². The van der Waals surface area contributed by atoms with Crippen molar-refractivity contribution in [3.63, 3.8) is 0 Å². The summed E-state index contributed by atoms with van der Waals surface area (Å²) in [7, 11) is 0. The van der Waals surface area contributed by atoms with Crippen molar-refractivity contribution in [3.05, 3.63) is 62.3 Å². The van der Waals surface area contributed by atoms with Crippen LogP contribution < -0.4 is 5.43 Å². The van der Waals surface area contributed by atoms with Gasteiger partial charge in [0.15, 0.2) is 0 Å². The van der Waals surface area contributed by atoms with E-state index in [1.807, 2.05) is 12.1 Å². The van der Waals surface area contributed by atoms with Crippen LogP contribution in [0.15, 0.2) is 50.4 Å². The number of carbonyl (C=O) groups is 1. The van der Waals surface area contributed by atoms with E-state index in [-0.39, 0.29) is 5.76 Å². The van der Waals surface area contributed by atoms with Crippen LogP contribution in [0.2, 0.25) is 0 Å². The third kappa shape index (κ3) is 3.51. The van der Waals surface area contributed by atoms with Crippen molar-refractivity contribution in [2.45, 2.75) is 0 Å². The third-order valence-electron chi connectivity index (χ3n) is 2.25. The number of halogens is 1. The number of furan rings is 1. The fourth-order valence-electron chi connectivity index (χ4n) is 1.32. The summed E-state index contributed by atoms with van der Waals surface area (Å²) >= 11 is 3.30. The molecule has 2 aromatic rings.